The van der Waals surface area contributed by atoms with Gasteiger partial charge in [-0.3, -0.25) is 9.69 Å². The van der Waals surface area contributed by atoms with E-state index in [4.69, 9.17) is 4.98 Å². The molecule has 2 aromatic carbocycles. The molecule has 0 unspecified atom stereocenters. The van der Waals surface area contributed by atoms with Crippen LogP contribution in [0.1, 0.15) is 88.7 Å². The molecule has 3 aliphatic heterocycles. The number of carbonyl (C=O) groups excluding carboxylic acids is 1. The number of hydrogen-bond acceptors (Lipinski definition) is 3. The van der Waals surface area contributed by atoms with E-state index in [1.54, 1.807) is 0 Å². The van der Waals surface area contributed by atoms with Crippen LogP contribution in [0.2, 0.25) is 0 Å². The third-order valence-corrected chi connectivity index (χ3v) is 10.2. The average Bonchev–Trinajstić information content (AvgIpc) is 3.37. The van der Waals surface area contributed by atoms with Gasteiger partial charge in [-0.2, -0.15) is 0 Å². The summed E-state index contributed by atoms with van der Waals surface area (Å²) in [4.78, 5) is 23.0. The van der Waals surface area contributed by atoms with Gasteiger partial charge in [-0.05, 0) is 88.6 Å². The first-order chi connectivity index (χ1) is 18.7. The van der Waals surface area contributed by atoms with E-state index in [0.29, 0.717) is 24.0 Å². The van der Waals surface area contributed by atoms with Gasteiger partial charge in [0.25, 0.3) is 0 Å². The molecule has 3 saturated heterocycles. The standard InChI is InChI=1S/C34H46N4O/c1-24-10-6-7-11-29(24)34(16-19-36(20-17-34)32(39)33(3,4)5)18-21-37-26-14-15-27(37)23-28(22-26)38-25(2)35-30-12-8-9-13-31(30)38/h6-13,26-28H,14-23H2,1-5H3/t26-,27+,28+. The predicted molar refractivity (Wildman–Crippen MR) is 159 cm³/mol. The summed E-state index contributed by atoms with van der Waals surface area (Å²) >= 11 is 0. The van der Waals surface area contributed by atoms with Crippen molar-refractivity contribution in [2.75, 3.05) is 19.6 Å². The Morgan fingerprint density at radius 2 is 1.56 bits per heavy atom. The van der Waals surface area contributed by atoms with Crippen molar-refractivity contribution < 1.29 is 4.79 Å². The molecule has 3 fully saturated rings. The van der Waals surface area contributed by atoms with E-state index < -0.39 is 0 Å². The maximum atomic E-state index is 13.1. The van der Waals surface area contributed by atoms with Crippen LogP contribution >= 0.6 is 0 Å². The van der Waals surface area contributed by atoms with Crippen molar-refractivity contribution in [1.82, 2.24) is 19.4 Å². The third-order valence-electron chi connectivity index (χ3n) is 10.2. The Morgan fingerprint density at radius 3 is 2.23 bits per heavy atom. The summed E-state index contributed by atoms with van der Waals surface area (Å²) in [5.74, 6) is 1.45. The number of fused-ring (bicyclic) bond motifs is 3. The fraction of sp³-hybridized carbons (Fsp3) is 0.588. The van der Waals surface area contributed by atoms with E-state index in [0.717, 1.165) is 43.8 Å². The molecule has 6 rings (SSSR count). The zero-order valence-corrected chi connectivity index (χ0v) is 24.6. The lowest BCUT2D eigenvalue weighted by molar-refractivity contribution is -0.141. The Morgan fingerprint density at radius 1 is 0.923 bits per heavy atom. The second kappa shape index (κ2) is 10.1. The summed E-state index contributed by atoms with van der Waals surface area (Å²) in [7, 11) is 0. The van der Waals surface area contributed by atoms with Crippen LogP contribution in [0.4, 0.5) is 0 Å². The molecule has 0 saturated carbocycles. The normalized spacial score (nSPS) is 25.4. The zero-order valence-electron chi connectivity index (χ0n) is 24.6. The monoisotopic (exact) mass is 526 g/mol. The maximum Gasteiger partial charge on any atom is 0.227 e. The van der Waals surface area contributed by atoms with E-state index in [1.165, 1.54) is 48.7 Å². The van der Waals surface area contributed by atoms with Crippen LogP contribution in [0, 0.1) is 19.3 Å². The van der Waals surface area contributed by atoms with Gasteiger partial charge in [0, 0.05) is 42.0 Å². The SMILES string of the molecule is Cc1ccccc1C1(CCN2[C@@H]3CC[C@H]2C[C@@H](n2c(C)nc4ccccc42)C3)CCN(C(=O)C(C)(C)C)CC1. The lowest BCUT2D eigenvalue weighted by atomic mass is 9.68. The fourth-order valence-electron chi connectivity index (χ4n) is 8.22. The lowest BCUT2D eigenvalue weighted by Crippen LogP contribution is -2.50. The summed E-state index contributed by atoms with van der Waals surface area (Å²) in [6, 6.07) is 19.5. The van der Waals surface area contributed by atoms with Crippen molar-refractivity contribution in [2.45, 2.75) is 103 Å². The number of amides is 1. The van der Waals surface area contributed by atoms with Crippen LogP contribution in [0.25, 0.3) is 11.0 Å². The molecule has 0 N–H and O–H groups in total. The van der Waals surface area contributed by atoms with Crippen molar-refractivity contribution in [3.05, 3.63) is 65.5 Å². The molecule has 3 aliphatic rings. The molecule has 0 spiro atoms. The van der Waals surface area contributed by atoms with Crippen molar-refractivity contribution in [2.24, 2.45) is 5.41 Å². The van der Waals surface area contributed by atoms with Gasteiger partial charge < -0.3 is 9.47 Å². The van der Waals surface area contributed by atoms with E-state index in [1.807, 2.05) is 20.8 Å². The van der Waals surface area contributed by atoms with Crippen LogP contribution in [-0.4, -0.2) is 57.0 Å². The Labute approximate surface area is 234 Å². The Balaban J connectivity index is 1.20. The van der Waals surface area contributed by atoms with Crippen molar-refractivity contribution in [3.8, 4) is 0 Å². The molecule has 0 aliphatic carbocycles. The molecule has 5 heteroatoms. The number of piperidine rings is 2. The molecule has 3 atom stereocenters. The average molecular weight is 527 g/mol. The van der Waals surface area contributed by atoms with Gasteiger partial charge in [-0.1, -0.05) is 57.2 Å². The van der Waals surface area contributed by atoms with Gasteiger partial charge in [-0.25, -0.2) is 4.98 Å². The molecular formula is C34H46N4O. The van der Waals surface area contributed by atoms with Crippen LogP contribution in [0.5, 0.6) is 0 Å². The molecule has 208 valence electrons. The Hall–Kier alpha value is -2.66. The minimum Gasteiger partial charge on any atom is -0.342 e. The summed E-state index contributed by atoms with van der Waals surface area (Å²) < 4.78 is 2.54. The highest BCUT2D eigenvalue weighted by Gasteiger charge is 2.45. The van der Waals surface area contributed by atoms with Crippen LogP contribution in [0.15, 0.2) is 48.5 Å². The number of hydrogen-bond donors (Lipinski definition) is 0. The Kier molecular flexibility index (Phi) is 6.86. The maximum absolute atomic E-state index is 13.1. The highest BCUT2D eigenvalue weighted by atomic mass is 16.2. The van der Waals surface area contributed by atoms with Crippen molar-refractivity contribution in [1.29, 1.82) is 0 Å². The molecule has 4 heterocycles. The lowest BCUT2D eigenvalue weighted by Gasteiger charge is -2.47. The summed E-state index contributed by atoms with van der Waals surface area (Å²) in [6.45, 7) is 13.5. The number of likely N-dealkylation sites (tertiary alicyclic amines) is 1. The number of para-hydroxylation sites is 2. The van der Waals surface area contributed by atoms with E-state index in [-0.39, 0.29) is 10.8 Å². The molecule has 1 amide bonds. The van der Waals surface area contributed by atoms with Gasteiger partial charge in [0.2, 0.25) is 5.91 Å². The highest BCUT2D eigenvalue weighted by molar-refractivity contribution is 5.81. The number of aromatic nitrogens is 2. The van der Waals surface area contributed by atoms with Crippen LogP contribution < -0.4 is 0 Å². The Bertz CT molecular complexity index is 1330. The highest BCUT2D eigenvalue weighted by Crippen LogP contribution is 2.45. The first-order valence-electron chi connectivity index (χ1n) is 15.2. The van der Waals surface area contributed by atoms with E-state index >= 15 is 0 Å². The number of aryl methyl sites for hydroxylation is 2. The quantitative estimate of drug-likeness (QED) is 0.366. The molecule has 1 aromatic heterocycles. The van der Waals surface area contributed by atoms with Crippen LogP contribution in [0.3, 0.4) is 0 Å². The molecule has 3 aromatic rings. The van der Waals surface area contributed by atoms with Crippen LogP contribution in [-0.2, 0) is 10.2 Å². The van der Waals surface area contributed by atoms with E-state index in [2.05, 4.69) is 76.7 Å². The van der Waals surface area contributed by atoms with Gasteiger partial charge in [0.15, 0.2) is 0 Å². The topological polar surface area (TPSA) is 41.4 Å². The van der Waals surface area contributed by atoms with Gasteiger partial charge in [0.1, 0.15) is 5.82 Å². The van der Waals surface area contributed by atoms with Gasteiger partial charge in [0.05, 0.1) is 11.0 Å². The van der Waals surface area contributed by atoms with Crippen molar-refractivity contribution >= 4 is 16.9 Å². The van der Waals surface area contributed by atoms with Gasteiger partial charge in [-0.15, -0.1) is 0 Å². The molecule has 0 radical (unpaired) electrons. The van der Waals surface area contributed by atoms with Crippen molar-refractivity contribution in [3.63, 3.8) is 0 Å². The van der Waals surface area contributed by atoms with Gasteiger partial charge >= 0.3 is 0 Å². The fourth-order valence-corrected chi connectivity index (χ4v) is 8.22. The minimum absolute atomic E-state index is 0.146. The largest absolute Gasteiger partial charge is 0.342 e. The number of nitrogens with zero attached hydrogens (tertiary/aromatic N) is 4. The summed E-state index contributed by atoms with van der Waals surface area (Å²) in [5.41, 5.74) is 5.16. The summed E-state index contributed by atoms with van der Waals surface area (Å²) in [6.07, 6.45) is 8.39. The second-order valence-corrected chi connectivity index (χ2v) is 13.7. The molecule has 2 bridgehead atoms. The predicted octanol–water partition coefficient (Wildman–Crippen LogP) is 6.82. The first-order valence-corrected chi connectivity index (χ1v) is 15.2. The zero-order chi connectivity index (χ0) is 27.4. The number of imidazole rings is 1. The molecular weight excluding hydrogens is 480 g/mol. The smallest absolute Gasteiger partial charge is 0.227 e. The minimum atomic E-state index is -0.314. The number of rotatable bonds is 5. The third kappa shape index (κ3) is 4.81. The first kappa shape index (κ1) is 26.6. The number of carbonyl (C=O) groups is 1. The van der Waals surface area contributed by atoms with E-state index in [9.17, 15) is 4.79 Å². The number of benzene rings is 2. The summed E-state index contributed by atoms with van der Waals surface area (Å²) in [5, 5.41) is 0. The second-order valence-electron chi connectivity index (χ2n) is 13.7. The molecule has 39 heavy (non-hydrogen) atoms. The molecule has 5 nitrogen and oxygen atoms in total.